The van der Waals surface area contributed by atoms with Gasteiger partial charge >= 0.3 is 0 Å². The molecule has 6 heteroatoms. The van der Waals surface area contributed by atoms with Gasteiger partial charge in [-0.05, 0) is 48.2 Å². The number of nitrogens with one attached hydrogen (secondary N) is 1. The Balaban J connectivity index is 1.67. The van der Waals surface area contributed by atoms with Crippen LogP contribution in [0.15, 0.2) is 65.8 Å². The predicted molar refractivity (Wildman–Crippen MR) is 129 cm³/mol. The summed E-state index contributed by atoms with van der Waals surface area (Å²) in [7, 11) is 0. The number of rotatable bonds is 8. The highest BCUT2D eigenvalue weighted by Gasteiger charge is 2.12. The van der Waals surface area contributed by atoms with E-state index in [1.807, 2.05) is 48.9 Å². The summed E-state index contributed by atoms with van der Waals surface area (Å²) in [6.07, 6.45) is 7.87. The minimum atomic E-state index is -0.0467. The summed E-state index contributed by atoms with van der Waals surface area (Å²) >= 11 is 6.07. The largest absolute Gasteiger partial charge is 0.370 e. The molecule has 0 saturated carbocycles. The topological polar surface area (TPSA) is 53.9 Å². The summed E-state index contributed by atoms with van der Waals surface area (Å²) in [6.45, 7) is 6.87. The second-order valence-electron chi connectivity index (χ2n) is 7.79. The van der Waals surface area contributed by atoms with Crippen molar-refractivity contribution >= 4 is 28.3 Å². The summed E-state index contributed by atoms with van der Waals surface area (Å²) in [5.41, 5.74) is 4.77. The summed E-state index contributed by atoms with van der Waals surface area (Å²) in [4.78, 5) is 23.0. The van der Waals surface area contributed by atoms with Crippen molar-refractivity contribution in [2.75, 3.05) is 18.0 Å². The number of halogens is 1. The van der Waals surface area contributed by atoms with Gasteiger partial charge in [-0.2, -0.15) is 0 Å². The second kappa shape index (κ2) is 9.40. The first-order valence-corrected chi connectivity index (χ1v) is 11.1. The van der Waals surface area contributed by atoms with Crippen molar-refractivity contribution in [2.45, 2.75) is 33.2 Å². The van der Waals surface area contributed by atoms with Crippen LogP contribution in [-0.4, -0.2) is 27.6 Å². The lowest BCUT2D eigenvalue weighted by Crippen LogP contribution is -2.24. The van der Waals surface area contributed by atoms with E-state index in [2.05, 4.69) is 34.8 Å². The monoisotopic (exact) mass is 434 g/mol. The Bertz CT molecular complexity index is 1240. The highest BCUT2D eigenvalue weighted by atomic mass is 35.5. The maximum absolute atomic E-state index is 12.8. The molecule has 0 amide bonds. The van der Waals surface area contributed by atoms with Gasteiger partial charge in [0.2, 0.25) is 0 Å². The fraction of sp³-hybridized carbons (Fsp3) is 0.280. The Labute approximate surface area is 187 Å². The number of pyridine rings is 2. The van der Waals surface area contributed by atoms with E-state index < -0.39 is 0 Å². The fourth-order valence-corrected chi connectivity index (χ4v) is 4.16. The lowest BCUT2D eigenvalue weighted by Gasteiger charge is -2.23. The van der Waals surface area contributed by atoms with Crippen LogP contribution < -0.4 is 10.5 Å². The highest BCUT2D eigenvalue weighted by Crippen LogP contribution is 2.30. The van der Waals surface area contributed by atoms with Gasteiger partial charge in [-0.15, -0.1) is 0 Å². The number of nitrogens with zero attached hydrogens (tertiary/aromatic N) is 3. The molecule has 0 radical (unpaired) electrons. The first-order chi connectivity index (χ1) is 15.1. The summed E-state index contributed by atoms with van der Waals surface area (Å²) in [6, 6.07) is 13.4. The predicted octanol–water partition coefficient (Wildman–Crippen LogP) is 5.72. The van der Waals surface area contributed by atoms with E-state index in [0.717, 1.165) is 59.3 Å². The molecule has 0 unspecified atom stereocenters. The van der Waals surface area contributed by atoms with Crippen LogP contribution in [0.1, 0.15) is 32.3 Å². The number of aromatic nitrogens is 3. The van der Waals surface area contributed by atoms with E-state index in [0.29, 0.717) is 11.6 Å². The molecule has 0 bridgehead atoms. The number of hydrogen-bond acceptors (Lipinski definition) is 3. The molecule has 0 aliphatic rings. The molecule has 0 atom stereocenters. The van der Waals surface area contributed by atoms with Gasteiger partial charge in [-0.3, -0.25) is 4.79 Å². The number of fused-ring (bicyclic) bond motifs is 1. The number of aromatic amines is 1. The van der Waals surface area contributed by atoms with Crippen molar-refractivity contribution in [1.29, 1.82) is 0 Å². The molecule has 0 fully saturated rings. The average Bonchev–Trinajstić information content (AvgIpc) is 3.18. The molecule has 3 aromatic heterocycles. The molecule has 1 aromatic carbocycles. The zero-order valence-corrected chi connectivity index (χ0v) is 18.7. The zero-order valence-electron chi connectivity index (χ0n) is 17.9. The lowest BCUT2D eigenvalue weighted by atomic mass is 10.1. The van der Waals surface area contributed by atoms with Crippen LogP contribution in [0.25, 0.3) is 22.2 Å². The Morgan fingerprint density at radius 3 is 2.61 bits per heavy atom. The summed E-state index contributed by atoms with van der Waals surface area (Å²) in [5.74, 6) is 0. The standard InChI is InChI=1S/C25H27ClN4O/c1-3-9-29(10-4-2)21-14-22-23(16-28-25(22)27-15-21)19-8-11-30(24(31)13-19)17-18-6-5-7-20(26)12-18/h5-8,11-16H,3-4,9-10,17H2,1-2H3,(H,27,28). The third-order valence-electron chi connectivity index (χ3n) is 5.42. The van der Waals surface area contributed by atoms with Gasteiger partial charge in [0, 0.05) is 47.5 Å². The van der Waals surface area contributed by atoms with E-state index in [1.54, 1.807) is 10.6 Å². The molecular formula is C25H27ClN4O. The summed E-state index contributed by atoms with van der Waals surface area (Å²) < 4.78 is 1.69. The third kappa shape index (κ3) is 4.67. The van der Waals surface area contributed by atoms with Crippen LogP contribution in [0.3, 0.4) is 0 Å². The van der Waals surface area contributed by atoms with E-state index in [-0.39, 0.29) is 5.56 Å². The Morgan fingerprint density at radius 2 is 1.90 bits per heavy atom. The third-order valence-corrected chi connectivity index (χ3v) is 5.65. The molecule has 4 rings (SSSR count). The Kier molecular flexibility index (Phi) is 6.42. The molecule has 0 spiro atoms. The van der Waals surface area contributed by atoms with Crippen molar-refractivity contribution in [3.63, 3.8) is 0 Å². The first-order valence-electron chi connectivity index (χ1n) is 10.8. The lowest BCUT2D eigenvalue weighted by molar-refractivity contribution is 0.744. The van der Waals surface area contributed by atoms with Crippen molar-refractivity contribution in [1.82, 2.24) is 14.5 Å². The van der Waals surface area contributed by atoms with E-state index in [4.69, 9.17) is 11.6 Å². The van der Waals surface area contributed by atoms with Crippen LogP contribution in [0, 0.1) is 0 Å². The summed E-state index contributed by atoms with van der Waals surface area (Å²) in [5, 5.41) is 1.70. The molecule has 5 nitrogen and oxygen atoms in total. The van der Waals surface area contributed by atoms with Crippen LogP contribution in [0.2, 0.25) is 5.02 Å². The van der Waals surface area contributed by atoms with Gasteiger partial charge in [0.05, 0.1) is 18.4 Å². The van der Waals surface area contributed by atoms with E-state index >= 15 is 0 Å². The van der Waals surface area contributed by atoms with Gasteiger partial charge in [0.1, 0.15) is 5.65 Å². The number of benzene rings is 1. The minimum Gasteiger partial charge on any atom is -0.370 e. The average molecular weight is 435 g/mol. The van der Waals surface area contributed by atoms with Gasteiger partial charge in [0.25, 0.3) is 5.56 Å². The van der Waals surface area contributed by atoms with Crippen LogP contribution in [-0.2, 0) is 6.54 Å². The Morgan fingerprint density at radius 1 is 1.10 bits per heavy atom. The molecule has 3 heterocycles. The fourth-order valence-electron chi connectivity index (χ4n) is 3.95. The SMILES string of the molecule is CCCN(CCC)c1cnc2[nH]cc(-c3ccn(Cc4cccc(Cl)c4)c(=O)c3)c2c1. The maximum Gasteiger partial charge on any atom is 0.251 e. The molecule has 0 aliphatic carbocycles. The van der Waals surface area contributed by atoms with Crippen LogP contribution >= 0.6 is 11.6 Å². The molecule has 0 aliphatic heterocycles. The first kappa shape index (κ1) is 21.2. The number of anilines is 1. The quantitative estimate of drug-likeness (QED) is 0.386. The number of H-pyrrole nitrogens is 1. The molecule has 0 saturated heterocycles. The van der Waals surface area contributed by atoms with Crippen LogP contribution in [0.5, 0.6) is 0 Å². The zero-order chi connectivity index (χ0) is 21.8. The Hall–Kier alpha value is -3.05. The highest BCUT2D eigenvalue weighted by molar-refractivity contribution is 6.30. The van der Waals surface area contributed by atoms with E-state index in [9.17, 15) is 4.79 Å². The van der Waals surface area contributed by atoms with Gasteiger partial charge in [0.15, 0.2) is 0 Å². The molecular weight excluding hydrogens is 408 g/mol. The smallest absolute Gasteiger partial charge is 0.251 e. The van der Waals surface area contributed by atoms with Gasteiger partial charge < -0.3 is 14.5 Å². The van der Waals surface area contributed by atoms with Crippen molar-refractivity contribution in [2.24, 2.45) is 0 Å². The molecule has 31 heavy (non-hydrogen) atoms. The maximum atomic E-state index is 12.8. The van der Waals surface area contributed by atoms with Crippen molar-refractivity contribution in [3.8, 4) is 11.1 Å². The molecule has 160 valence electrons. The van der Waals surface area contributed by atoms with Gasteiger partial charge in [-0.1, -0.05) is 37.6 Å². The normalized spacial score (nSPS) is 11.2. The molecule has 1 N–H and O–H groups in total. The second-order valence-corrected chi connectivity index (χ2v) is 8.23. The van der Waals surface area contributed by atoms with Gasteiger partial charge in [-0.25, -0.2) is 4.98 Å². The van der Waals surface area contributed by atoms with Crippen molar-refractivity contribution in [3.05, 3.63) is 82.0 Å². The van der Waals surface area contributed by atoms with Crippen molar-refractivity contribution < 1.29 is 0 Å². The van der Waals surface area contributed by atoms with E-state index in [1.165, 1.54) is 0 Å². The molecule has 4 aromatic rings. The minimum absolute atomic E-state index is 0.0467. The van der Waals surface area contributed by atoms with Crippen LogP contribution in [0.4, 0.5) is 5.69 Å². The number of hydrogen-bond donors (Lipinski definition) is 1.